The van der Waals surface area contributed by atoms with Crippen molar-refractivity contribution in [2.24, 2.45) is 0 Å². The highest BCUT2D eigenvalue weighted by atomic mass is 32.2. The van der Waals surface area contributed by atoms with Crippen LogP contribution in [0.3, 0.4) is 0 Å². The molecule has 13 rings (SSSR count). The van der Waals surface area contributed by atoms with Crippen molar-refractivity contribution in [3.8, 4) is 5.69 Å². The van der Waals surface area contributed by atoms with Crippen molar-refractivity contribution < 1.29 is 4.42 Å². The molecule has 0 spiro atoms. The van der Waals surface area contributed by atoms with Crippen LogP contribution in [0.4, 0.5) is 0 Å². The molecular weight excluding hydrogens is 715 g/mol. The summed E-state index contributed by atoms with van der Waals surface area (Å²) >= 11 is 1.87. The molecule has 2 aliphatic heterocycles. The van der Waals surface area contributed by atoms with Gasteiger partial charge in [0, 0.05) is 31.3 Å². The molecule has 0 bridgehead atoms. The predicted octanol–water partition coefficient (Wildman–Crippen LogP) is 13.5. The molecule has 0 fully saturated rings. The quantitative estimate of drug-likeness (QED) is 0.189. The predicted molar refractivity (Wildman–Crippen MR) is 238 cm³/mol. The smallest absolute Gasteiger partial charge is 0.159 e. The highest BCUT2D eigenvalue weighted by molar-refractivity contribution is 8.03. The lowest BCUT2D eigenvalue weighted by atomic mass is 9.97. The van der Waals surface area contributed by atoms with Gasteiger partial charge in [0.1, 0.15) is 11.7 Å². The molecule has 2 aliphatic rings. The van der Waals surface area contributed by atoms with Crippen LogP contribution in [0.5, 0.6) is 0 Å². The van der Waals surface area contributed by atoms with E-state index in [2.05, 4.69) is 191 Å². The van der Waals surface area contributed by atoms with Crippen LogP contribution in [-0.2, 0) is 0 Å². The summed E-state index contributed by atoms with van der Waals surface area (Å²) in [7, 11) is 0. The van der Waals surface area contributed by atoms with E-state index in [0.29, 0.717) is 0 Å². The molecule has 5 heteroatoms. The van der Waals surface area contributed by atoms with Crippen molar-refractivity contribution in [1.29, 1.82) is 0 Å². The van der Waals surface area contributed by atoms with Crippen LogP contribution >= 0.6 is 11.8 Å². The zero-order chi connectivity index (χ0) is 37.2. The van der Waals surface area contributed by atoms with E-state index in [0.717, 1.165) is 44.2 Å². The average Bonchev–Trinajstić information content (AvgIpc) is 3.96. The lowest BCUT2D eigenvalue weighted by molar-refractivity contribution is 0.439. The van der Waals surface area contributed by atoms with Gasteiger partial charge < -0.3 is 14.3 Å². The minimum Gasteiger partial charge on any atom is -0.454 e. The maximum Gasteiger partial charge on any atom is 0.159 e. The SMILES string of the molecule is c1ccc(C2=C3Sc4ccccc4C3NC(c3cc(-n4c5ccc6ccccc6c5c5c6ccccc6ccc54)c4oc5ccc6ccccc6c5c4c3)N2)cc1. The molecule has 0 aliphatic carbocycles. The van der Waals surface area contributed by atoms with Gasteiger partial charge in [-0.05, 0) is 85.4 Å². The number of benzene rings is 9. The Labute approximate surface area is 332 Å². The molecule has 0 radical (unpaired) electrons. The fourth-order valence-corrected chi connectivity index (χ4v) is 11.0. The molecule has 2 unspecified atom stereocenters. The molecule has 4 heterocycles. The van der Waals surface area contributed by atoms with Crippen LogP contribution in [0.25, 0.3) is 87.4 Å². The minimum atomic E-state index is -0.196. The van der Waals surface area contributed by atoms with Gasteiger partial charge in [0.25, 0.3) is 0 Å². The third-order valence-corrected chi connectivity index (χ3v) is 13.5. The Hall–Kier alpha value is -6.79. The molecule has 0 amide bonds. The van der Waals surface area contributed by atoms with E-state index >= 15 is 0 Å². The number of hydrogen-bond acceptors (Lipinski definition) is 4. The van der Waals surface area contributed by atoms with Gasteiger partial charge in [-0.1, -0.05) is 151 Å². The molecule has 0 saturated carbocycles. The van der Waals surface area contributed by atoms with Gasteiger partial charge in [0.2, 0.25) is 0 Å². The monoisotopic (exact) mass is 747 g/mol. The molecule has 9 aromatic carbocycles. The molecule has 11 aromatic rings. The molecule has 57 heavy (non-hydrogen) atoms. The normalized spacial score (nSPS) is 16.7. The van der Waals surface area contributed by atoms with E-state index in [-0.39, 0.29) is 12.2 Å². The summed E-state index contributed by atoms with van der Waals surface area (Å²) < 4.78 is 9.52. The van der Waals surface area contributed by atoms with Gasteiger partial charge in [-0.25, -0.2) is 0 Å². The second-order valence-electron chi connectivity index (χ2n) is 15.3. The van der Waals surface area contributed by atoms with Crippen LogP contribution in [0, 0.1) is 0 Å². The van der Waals surface area contributed by atoms with Gasteiger partial charge in [-0.15, -0.1) is 0 Å². The Morgan fingerprint density at radius 3 is 1.82 bits per heavy atom. The Balaban J connectivity index is 1.14. The zero-order valence-corrected chi connectivity index (χ0v) is 31.5. The summed E-state index contributed by atoms with van der Waals surface area (Å²) in [5, 5.41) is 20.2. The summed E-state index contributed by atoms with van der Waals surface area (Å²) in [6.45, 7) is 0. The summed E-state index contributed by atoms with van der Waals surface area (Å²) in [4.78, 5) is 2.61. The number of nitrogens with zero attached hydrogens (tertiary/aromatic N) is 1. The first-order valence-corrected chi connectivity index (χ1v) is 20.4. The largest absolute Gasteiger partial charge is 0.454 e. The van der Waals surface area contributed by atoms with Gasteiger partial charge in [0.05, 0.1) is 28.5 Å². The van der Waals surface area contributed by atoms with Crippen LogP contribution in [0.15, 0.2) is 190 Å². The molecule has 0 saturated heterocycles. The van der Waals surface area contributed by atoms with Crippen molar-refractivity contribution >= 4 is 93.5 Å². The van der Waals surface area contributed by atoms with Crippen LogP contribution in [0.1, 0.15) is 28.9 Å². The Bertz CT molecular complexity index is 3430. The van der Waals surface area contributed by atoms with E-state index in [9.17, 15) is 0 Å². The molecule has 2 aromatic heterocycles. The lowest BCUT2D eigenvalue weighted by Crippen LogP contribution is -2.40. The maximum atomic E-state index is 7.06. The summed E-state index contributed by atoms with van der Waals surface area (Å²) in [5.74, 6) is 0. The number of aromatic nitrogens is 1. The highest BCUT2D eigenvalue weighted by Crippen LogP contribution is 2.53. The van der Waals surface area contributed by atoms with Gasteiger partial charge in [-0.2, -0.15) is 0 Å². The first-order chi connectivity index (χ1) is 28.3. The van der Waals surface area contributed by atoms with Gasteiger partial charge in [-0.3, -0.25) is 5.32 Å². The van der Waals surface area contributed by atoms with Crippen molar-refractivity contribution in [3.05, 3.63) is 198 Å². The van der Waals surface area contributed by atoms with E-state index < -0.39 is 0 Å². The van der Waals surface area contributed by atoms with E-state index in [1.54, 1.807) is 0 Å². The Morgan fingerprint density at radius 2 is 1.12 bits per heavy atom. The van der Waals surface area contributed by atoms with Crippen molar-refractivity contribution in [1.82, 2.24) is 15.2 Å². The summed E-state index contributed by atoms with van der Waals surface area (Å²) in [6, 6.07) is 64.1. The summed E-state index contributed by atoms with van der Waals surface area (Å²) in [5.41, 5.74) is 9.92. The van der Waals surface area contributed by atoms with Crippen LogP contribution in [-0.4, -0.2) is 4.57 Å². The van der Waals surface area contributed by atoms with Gasteiger partial charge >= 0.3 is 0 Å². The van der Waals surface area contributed by atoms with Crippen molar-refractivity contribution in [2.45, 2.75) is 17.1 Å². The molecule has 2 atom stereocenters. The number of hydrogen-bond donors (Lipinski definition) is 2. The molecule has 4 nitrogen and oxygen atoms in total. The molecule has 268 valence electrons. The molecular formula is C52H33N3OS. The third kappa shape index (κ3) is 4.49. The average molecular weight is 748 g/mol. The number of furan rings is 1. The molecule has 2 N–H and O–H groups in total. The lowest BCUT2D eigenvalue weighted by Gasteiger charge is -2.34. The maximum absolute atomic E-state index is 7.06. The van der Waals surface area contributed by atoms with Crippen molar-refractivity contribution in [2.75, 3.05) is 0 Å². The number of nitrogens with one attached hydrogen (secondary N) is 2. The Morgan fingerprint density at radius 1 is 0.526 bits per heavy atom. The second kappa shape index (κ2) is 11.9. The number of thioether (sulfide) groups is 1. The third-order valence-electron chi connectivity index (χ3n) is 12.2. The first-order valence-electron chi connectivity index (χ1n) is 19.6. The first kappa shape index (κ1) is 31.4. The number of rotatable bonds is 3. The standard InChI is InChI=1S/C52H33N3OS/c1-2-15-33(16-3-1)48-51-49(38-20-10-11-21-44(38)57-51)54-52(53-48)34-28-39-45-35-17-7-4-14-32(35)24-27-43(45)56-50(39)42(29-34)55-40-25-22-30-12-5-8-18-36(30)46(40)47-37-19-9-6-13-31(37)23-26-41(47)55/h1-29,49,52-54H. The van der Waals surface area contributed by atoms with E-state index in [1.807, 2.05) is 11.8 Å². The highest BCUT2D eigenvalue weighted by Gasteiger charge is 2.37. The zero-order valence-electron chi connectivity index (χ0n) is 30.7. The van der Waals surface area contributed by atoms with E-state index in [4.69, 9.17) is 4.42 Å². The van der Waals surface area contributed by atoms with Crippen molar-refractivity contribution in [3.63, 3.8) is 0 Å². The minimum absolute atomic E-state index is 0.0553. The van der Waals surface area contributed by atoms with E-state index in [1.165, 1.54) is 69.7 Å². The fourth-order valence-electron chi connectivity index (χ4n) is 9.72. The summed E-state index contributed by atoms with van der Waals surface area (Å²) in [6.07, 6.45) is -0.196. The Kier molecular flexibility index (Phi) is 6.54. The van der Waals surface area contributed by atoms with Gasteiger partial charge in [0.15, 0.2) is 5.58 Å². The van der Waals surface area contributed by atoms with Crippen LogP contribution < -0.4 is 10.6 Å². The second-order valence-corrected chi connectivity index (χ2v) is 16.4. The fraction of sp³-hybridized carbons (Fsp3) is 0.0385. The topological polar surface area (TPSA) is 42.1 Å². The number of fused-ring (bicyclic) bond motifs is 15. The van der Waals surface area contributed by atoms with Crippen LogP contribution in [0.2, 0.25) is 0 Å².